The molecule has 0 saturated carbocycles. The minimum atomic E-state index is -0.173. The van der Waals surface area contributed by atoms with E-state index < -0.39 is 0 Å². The Morgan fingerprint density at radius 2 is 2.17 bits per heavy atom. The Bertz CT molecular complexity index is 655. The molecule has 0 aromatic carbocycles. The molecular weight excluding hydrogens is 292 g/mol. The van der Waals surface area contributed by atoms with Crippen molar-refractivity contribution >= 4 is 5.91 Å². The van der Waals surface area contributed by atoms with Gasteiger partial charge in [0.15, 0.2) is 5.76 Å². The topological polar surface area (TPSA) is 63.3 Å². The van der Waals surface area contributed by atoms with Gasteiger partial charge in [0.25, 0.3) is 5.91 Å². The molecule has 1 aliphatic rings. The van der Waals surface area contributed by atoms with E-state index >= 15 is 0 Å². The van der Waals surface area contributed by atoms with Crippen LogP contribution in [0.5, 0.6) is 0 Å². The fraction of sp³-hybridized carbons (Fsp3) is 0.529. The summed E-state index contributed by atoms with van der Waals surface area (Å²) in [6.45, 7) is 7.55. The molecule has 6 heteroatoms. The summed E-state index contributed by atoms with van der Waals surface area (Å²) in [6, 6.07) is 3.75. The smallest absolute Gasteiger partial charge is 0.287 e. The normalized spacial score (nSPS) is 16.6. The molecule has 0 bridgehead atoms. The van der Waals surface area contributed by atoms with Gasteiger partial charge in [-0.15, -0.1) is 0 Å². The molecule has 1 aliphatic heterocycles. The maximum Gasteiger partial charge on any atom is 0.287 e. The number of amides is 1. The number of aromatic nitrogens is 2. The van der Waals surface area contributed by atoms with Gasteiger partial charge < -0.3 is 9.73 Å². The first-order valence-corrected chi connectivity index (χ1v) is 8.22. The highest BCUT2D eigenvalue weighted by molar-refractivity contribution is 5.91. The number of rotatable bonds is 6. The first kappa shape index (κ1) is 15.8. The molecule has 3 heterocycles. The van der Waals surface area contributed by atoms with E-state index in [4.69, 9.17) is 4.42 Å². The average molecular weight is 316 g/mol. The minimum absolute atomic E-state index is 0.103. The van der Waals surface area contributed by atoms with Crippen LogP contribution in [0.1, 0.15) is 47.7 Å². The standard InChI is InChI=1S/C17H24N4O2/c1-13-9-19-21(11-13)14(2)10-18-17(22)16-6-5-15(23-16)12-20-7-3-4-8-20/h5-6,9,11,14H,3-4,7-8,10,12H2,1-2H3,(H,18,22). The number of likely N-dealkylation sites (tertiary alicyclic amines) is 1. The average Bonchev–Trinajstić information content (AvgIpc) is 3.27. The number of hydrogen-bond donors (Lipinski definition) is 1. The Balaban J connectivity index is 1.50. The largest absolute Gasteiger partial charge is 0.455 e. The lowest BCUT2D eigenvalue weighted by molar-refractivity contribution is 0.0916. The Labute approximate surface area is 136 Å². The molecule has 1 atom stereocenters. The molecule has 1 unspecified atom stereocenters. The number of nitrogens with zero attached hydrogens (tertiary/aromatic N) is 3. The molecule has 3 rings (SSSR count). The second-order valence-electron chi connectivity index (χ2n) is 6.31. The van der Waals surface area contributed by atoms with E-state index in [1.54, 1.807) is 6.07 Å². The highest BCUT2D eigenvalue weighted by Gasteiger charge is 2.16. The maximum atomic E-state index is 12.2. The van der Waals surface area contributed by atoms with Crippen LogP contribution in [0.2, 0.25) is 0 Å². The molecule has 23 heavy (non-hydrogen) atoms. The summed E-state index contributed by atoms with van der Waals surface area (Å²) in [5, 5.41) is 7.17. The lowest BCUT2D eigenvalue weighted by atomic mass is 10.3. The van der Waals surface area contributed by atoms with Crippen molar-refractivity contribution in [3.8, 4) is 0 Å². The van der Waals surface area contributed by atoms with Gasteiger partial charge in [-0.1, -0.05) is 0 Å². The molecule has 1 saturated heterocycles. The van der Waals surface area contributed by atoms with Crippen molar-refractivity contribution in [1.29, 1.82) is 0 Å². The van der Waals surface area contributed by atoms with E-state index in [-0.39, 0.29) is 11.9 Å². The number of carbonyl (C=O) groups excluding carboxylic acids is 1. The Morgan fingerprint density at radius 3 is 2.87 bits per heavy atom. The van der Waals surface area contributed by atoms with Gasteiger partial charge in [0, 0.05) is 12.7 Å². The molecule has 1 N–H and O–H groups in total. The van der Waals surface area contributed by atoms with Gasteiger partial charge in [-0.3, -0.25) is 14.4 Å². The predicted molar refractivity (Wildman–Crippen MR) is 87.2 cm³/mol. The van der Waals surface area contributed by atoms with Crippen LogP contribution in [-0.2, 0) is 6.54 Å². The van der Waals surface area contributed by atoms with Crippen LogP contribution in [-0.4, -0.2) is 40.2 Å². The minimum Gasteiger partial charge on any atom is -0.455 e. The van der Waals surface area contributed by atoms with Gasteiger partial charge in [0.05, 0.1) is 18.8 Å². The number of hydrogen-bond acceptors (Lipinski definition) is 4. The molecule has 124 valence electrons. The van der Waals surface area contributed by atoms with Crippen molar-refractivity contribution in [1.82, 2.24) is 20.0 Å². The maximum absolute atomic E-state index is 12.2. The van der Waals surface area contributed by atoms with E-state index in [9.17, 15) is 4.79 Å². The van der Waals surface area contributed by atoms with E-state index in [1.807, 2.05) is 37.0 Å². The van der Waals surface area contributed by atoms with Gasteiger partial charge in [0.2, 0.25) is 0 Å². The SMILES string of the molecule is Cc1cnn(C(C)CNC(=O)c2ccc(CN3CCCC3)o2)c1. The Morgan fingerprint density at radius 1 is 1.39 bits per heavy atom. The van der Waals surface area contributed by atoms with E-state index in [0.717, 1.165) is 31.0 Å². The van der Waals surface area contributed by atoms with Crippen molar-refractivity contribution in [3.63, 3.8) is 0 Å². The first-order chi connectivity index (χ1) is 11.1. The van der Waals surface area contributed by atoms with Gasteiger partial charge >= 0.3 is 0 Å². The molecule has 6 nitrogen and oxygen atoms in total. The van der Waals surface area contributed by atoms with E-state index in [0.29, 0.717) is 12.3 Å². The van der Waals surface area contributed by atoms with Crippen LogP contribution in [0.25, 0.3) is 0 Å². The molecule has 0 aliphatic carbocycles. The Kier molecular flexibility index (Phi) is 4.81. The van der Waals surface area contributed by atoms with Crippen LogP contribution in [0.3, 0.4) is 0 Å². The van der Waals surface area contributed by atoms with Crippen molar-refractivity contribution in [3.05, 3.63) is 41.6 Å². The van der Waals surface area contributed by atoms with Gasteiger partial charge in [-0.2, -0.15) is 5.10 Å². The fourth-order valence-corrected chi connectivity index (χ4v) is 2.84. The first-order valence-electron chi connectivity index (χ1n) is 8.22. The summed E-state index contributed by atoms with van der Waals surface area (Å²) >= 11 is 0. The van der Waals surface area contributed by atoms with Crippen LogP contribution < -0.4 is 5.32 Å². The molecular formula is C17H24N4O2. The molecule has 0 radical (unpaired) electrons. The monoisotopic (exact) mass is 316 g/mol. The molecule has 2 aromatic heterocycles. The summed E-state index contributed by atoms with van der Waals surface area (Å²) in [6.07, 6.45) is 6.28. The number of aryl methyl sites for hydroxylation is 1. The summed E-state index contributed by atoms with van der Waals surface area (Å²) in [5.41, 5.74) is 1.11. The molecule has 1 fully saturated rings. The third-order valence-electron chi connectivity index (χ3n) is 4.20. The van der Waals surface area contributed by atoms with Crippen LogP contribution in [0, 0.1) is 6.92 Å². The number of furan rings is 1. The Hall–Kier alpha value is -2.08. The lowest BCUT2D eigenvalue weighted by Gasteiger charge is -2.13. The number of nitrogens with one attached hydrogen (secondary N) is 1. The highest BCUT2D eigenvalue weighted by Crippen LogP contribution is 2.15. The second kappa shape index (κ2) is 7.00. The summed E-state index contributed by atoms with van der Waals surface area (Å²) in [7, 11) is 0. The summed E-state index contributed by atoms with van der Waals surface area (Å²) in [5.74, 6) is 1.06. The zero-order valence-corrected chi connectivity index (χ0v) is 13.8. The fourth-order valence-electron chi connectivity index (χ4n) is 2.84. The van der Waals surface area contributed by atoms with Crippen LogP contribution in [0.4, 0.5) is 0 Å². The van der Waals surface area contributed by atoms with Gasteiger partial charge in [0.1, 0.15) is 5.76 Å². The van der Waals surface area contributed by atoms with Gasteiger partial charge in [-0.25, -0.2) is 0 Å². The van der Waals surface area contributed by atoms with Gasteiger partial charge in [-0.05, 0) is 57.5 Å². The summed E-state index contributed by atoms with van der Waals surface area (Å²) in [4.78, 5) is 14.5. The van der Waals surface area contributed by atoms with Crippen LogP contribution in [0.15, 0.2) is 28.9 Å². The molecule has 0 spiro atoms. The zero-order chi connectivity index (χ0) is 16.2. The molecule has 1 amide bonds. The third kappa shape index (κ3) is 4.01. The predicted octanol–water partition coefficient (Wildman–Crippen LogP) is 2.37. The quantitative estimate of drug-likeness (QED) is 0.889. The van der Waals surface area contributed by atoms with E-state index in [2.05, 4.69) is 15.3 Å². The van der Waals surface area contributed by atoms with Crippen molar-refractivity contribution < 1.29 is 9.21 Å². The highest BCUT2D eigenvalue weighted by atomic mass is 16.4. The van der Waals surface area contributed by atoms with Crippen LogP contribution >= 0.6 is 0 Å². The van der Waals surface area contributed by atoms with E-state index in [1.165, 1.54) is 12.8 Å². The summed E-state index contributed by atoms with van der Waals surface area (Å²) < 4.78 is 7.53. The second-order valence-corrected chi connectivity index (χ2v) is 6.31. The third-order valence-corrected chi connectivity index (χ3v) is 4.20. The lowest BCUT2D eigenvalue weighted by Crippen LogP contribution is -2.29. The molecule has 2 aromatic rings. The van der Waals surface area contributed by atoms with Crippen molar-refractivity contribution in [2.24, 2.45) is 0 Å². The zero-order valence-electron chi connectivity index (χ0n) is 13.8. The van der Waals surface area contributed by atoms with Crippen molar-refractivity contribution in [2.45, 2.75) is 39.3 Å². The number of carbonyl (C=O) groups is 1. The van der Waals surface area contributed by atoms with Crippen molar-refractivity contribution in [2.75, 3.05) is 19.6 Å².